The van der Waals surface area contributed by atoms with Crippen molar-refractivity contribution >= 4 is 22.8 Å². The van der Waals surface area contributed by atoms with E-state index in [9.17, 15) is 14.7 Å². The summed E-state index contributed by atoms with van der Waals surface area (Å²) in [6.45, 7) is 5.24. The molecule has 3 aliphatic heterocycles. The number of aliphatic hydroxyl groups excluding tert-OH is 1. The van der Waals surface area contributed by atoms with E-state index >= 15 is 0 Å². The Bertz CT molecular complexity index is 1070. The molecule has 0 radical (unpaired) electrons. The van der Waals surface area contributed by atoms with Crippen LogP contribution >= 0.6 is 0 Å². The Morgan fingerprint density at radius 2 is 2.03 bits per heavy atom. The lowest BCUT2D eigenvalue weighted by atomic mass is 9.68. The summed E-state index contributed by atoms with van der Waals surface area (Å²) < 4.78 is 10.8. The fraction of sp³-hybridized carbons (Fsp3) is 0.600. The number of H-pyrrole nitrogens is 1. The number of nitrogens with zero attached hydrogens (tertiary/aromatic N) is 2. The number of ether oxygens (including phenoxy) is 2. The fourth-order valence-corrected chi connectivity index (χ4v) is 5.85. The minimum Gasteiger partial charge on any atom is -0.497 e. The summed E-state index contributed by atoms with van der Waals surface area (Å²) in [6.07, 6.45) is 2.36. The van der Waals surface area contributed by atoms with Crippen LogP contribution in [0.1, 0.15) is 43.5 Å². The van der Waals surface area contributed by atoms with Crippen LogP contribution in [0.3, 0.4) is 0 Å². The Kier molecular flexibility index (Phi) is 6.16. The Balaban J connectivity index is 1.52. The number of urea groups is 1. The number of methoxy groups -OCH3 is 1. The second kappa shape index (κ2) is 9.11. The summed E-state index contributed by atoms with van der Waals surface area (Å²) in [5, 5.41) is 14.4. The van der Waals surface area contributed by atoms with Crippen molar-refractivity contribution < 1.29 is 24.2 Å². The van der Waals surface area contributed by atoms with Gasteiger partial charge in [-0.15, -0.1) is 0 Å². The lowest BCUT2D eigenvalue weighted by Gasteiger charge is -2.56. The molecule has 9 nitrogen and oxygen atoms in total. The largest absolute Gasteiger partial charge is 0.497 e. The van der Waals surface area contributed by atoms with Crippen LogP contribution in [0.2, 0.25) is 0 Å². The van der Waals surface area contributed by atoms with E-state index in [-0.39, 0.29) is 29.9 Å². The number of amides is 3. The van der Waals surface area contributed by atoms with Crippen molar-refractivity contribution in [1.82, 2.24) is 20.1 Å². The molecule has 3 N–H and O–H groups in total. The quantitative estimate of drug-likeness (QED) is 0.621. The molecule has 0 aliphatic carbocycles. The van der Waals surface area contributed by atoms with Crippen molar-refractivity contribution in [1.29, 1.82) is 0 Å². The van der Waals surface area contributed by atoms with Crippen LogP contribution in [0.25, 0.3) is 10.9 Å². The van der Waals surface area contributed by atoms with Gasteiger partial charge < -0.3 is 34.7 Å². The Morgan fingerprint density at radius 3 is 2.71 bits per heavy atom. The van der Waals surface area contributed by atoms with Gasteiger partial charge in [-0.3, -0.25) is 4.79 Å². The molecular weight excluding hydrogens is 436 g/mol. The van der Waals surface area contributed by atoms with Crippen molar-refractivity contribution in [2.24, 2.45) is 5.92 Å². The van der Waals surface area contributed by atoms with Gasteiger partial charge in [0, 0.05) is 68.0 Å². The number of fused-ring (bicyclic) bond motifs is 4. The minimum atomic E-state index is -0.476. The third kappa shape index (κ3) is 3.71. The van der Waals surface area contributed by atoms with E-state index in [0.717, 1.165) is 47.2 Å². The van der Waals surface area contributed by atoms with Gasteiger partial charge in [0.2, 0.25) is 5.91 Å². The van der Waals surface area contributed by atoms with Crippen LogP contribution < -0.4 is 10.1 Å². The number of carbonyl (C=O) groups excluding carboxylic acids is 2. The summed E-state index contributed by atoms with van der Waals surface area (Å²) in [4.78, 5) is 33.5. The highest BCUT2D eigenvalue weighted by molar-refractivity contribution is 5.90. The maximum absolute atomic E-state index is 13.2. The molecule has 4 heterocycles. The maximum Gasteiger partial charge on any atom is 0.318 e. The fourth-order valence-electron chi connectivity index (χ4n) is 5.85. The van der Waals surface area contributed by atoms with Crippen LogP contribution in [0.4, 0.5) is 4.79 Å². The van der Waals surface area contributed by atoms with Gasteiger partial charge in [0.05, 0.1) is 25.2 Å². The van der Waals surface area contributed by atoms with Gasteiger partial charge in [0.1, 0.15) is 5.75 Å². The minimum absolute atomic E-state index is 0.00976. The Morgan fingerprint density at radius 1 is 1.26 bits per heavy atom. The van der Waals surface area contributed by atoms with Crippen molar-refractivity contribution in [2.45, 2.75) is 37.6 Å². The predicted octanol–water partition coefficient (Wildman–Crippen LogP) is 2.15. The third-order valence-corrected chi connectivity index (χ3v) is 7.58. The number of rotatable bonds is 5. The number of likely N-dealkylation sites (tertiary alicyclic amines) is 1. The lowest BCUT2D eigenvalue weighted by molar-refractivity contribution is -0.147. The van der Waals surface area contributed by atoms with Crippen LogP contribution in [0, 0.1) is 5.92 Å². The molecule has 3 aliphatic rings. The zero-order valence-corrected chi connectivity index (χ0v) is 19.9. The van der Waals surface area contributed by atoms with E-state index in [1.54, 1.807) is 12.0 Å². The van der Waals surface area contributed by atoms with Gasteiger partial charge in [0.25, 0.3) is 0 Å². The molecule has 9 heteroatoms. The number of aliphatic hydroxyl groups is 1. The molecule has 2 saturated heterocycles. The molecule has 0 saturated carbocycles. The molecule has 0 bridgehead atoms. The molecule has 1 spiro atoms. The number of benzene rings is 1. The smallest absolute Gasteiger partial charge is 0.318 e. The van der Waals surface area contributed by atoms with Gasteiger partial charge in [0.15, 0.2) is 0 Å². The average molecular weight is 471 g/mol. The summed E-state index contributed by atoms with van der Waals surface area (Å²) >= 11 is 0. The van der Waals surface area contributed by atoms with Gasteiger partial charge in [-0.1, -0.05) is 6.92 Å². The van der Waals surface area contributed by atoms with E-state index in [2.05, 4.69) is 10.3 Å². The highest BCUT2D eigenvalue weighted by Crippen LogP contribution is 2.49. The van der Waals surface area contributed by atoms with Crippen molar-refractivity contribution in [3.05, 3.63) is 29.5 Å². The van der Waals surface area contributed by atoms with Crippen LogP contribution in [-0.4, -0.2) is 84.9 Å². The number of hydrogen-bond acceptors (Lipinski definition) is 5. The van der Waals surface area contributed by atoms with Crippen LogP contribution in [-0.2, 0) is 14.9 Å². The first-order valence-corrected chi connectivity index (χ1v) is 12.2. The van der Waals surface area contributed by atoms with Crippen molar-refractivity contribution in [2.75, 3.05) is 53.1 Å². The topological polar surface area (TPSA) is 107 Å². The summed E-state index contributed by atoms with van der Waals surface area (Å²) in [7, 11) is 1.63. The summed E-state index contributed by atoms with van der Waals surface area (Å²) in [5.74, 6) is 0.932. The monoisotopic (exact) mass is 470 g/mol. The molecule has 184 valence electrons. The van der Waals surface area contributed by atoms with Gasteiger partial charge in [-0.05, 0) is 37.0 Å². The molecule has 2 aromatic rings. The SMILES string of the molecule is CCCNC(=O)N1CC2(CN(C(=O)C3CCOCC3)C2)c2c([nH]c3cc(OC)ccc23)[C@H]1CO. The zero-order valence-electron chi connectivity index (χ0n) is 19.9. The first-order chi connectivity index (χ1) is 16.5. The van der Waals surface area contributed by atoms with Gasteiger partial charge >= 0.3 is 6.03 Å². The first kappa shape index (κ1) is 23.0. The summed E-state index contributed by atoms with van der Waals surface area (Å²) in [5.41, 5.74) is 2.49. The number of aromatic amines is 1. The molecule has 2 fully saturated rings. The Labute approximate surface area is 199 Å². The maximum atomic E-state index is 13.2. The number of hydrogen-bond donors (Lipinski definition) is 3. The molecular formula is C25H34N4O5. The average Bonchev–Trinajstić information content (AvgIpc) is 3.24. The zero-order chi connectivity index (χ0) is 23.9. The normalized spacial score (nSPS) is 21.9. The van der Waals surface area contributed by atoms with Gasteiger partial charge in [-0.2, -0.15) is 0 Å². The van der Waals surface area contributed by atoms with Crippen LogP contribution in [0.15, 0.2) is 18.2 Å². The number of carbonyl (C=O) groups is 2. The van der Waals surface area contributed by atoms with E-state index in [0.29, 0.717) is 39.4 Å². The number of aromatic nitrogens is 1. The highest BCUT2D eigenvalue weighted by atomic mass is 16.5. The predicted molar refractivity (Wildman–Crippen MR) is 127 cm³/mol. The molecule has 5 rings (SSSR count). The Hall–Kier alpha value is -2.78. The van der Waals surface area contributed by atoms with E-state index in [4.69, 9.17) is 9.47 Å². The van der Waals surface area contributed by atoms with Gasteiger partial charge in [-0.25, -0.2) is 4.79 Å². The first-order valence-electron chi connectivity index (χ1n) is 12.2. The molecule has 1 aromatic carbocycles. The van der Waals surface area contributed by atoms with Crippen LogP contribution in [0.5, 0.6) is 5.75 Å². The summed E-state index contributed by atoms with van der Waals surface area (Å²) in [6, 6.07) is 5.26. The van der Waals surface area contributed by atoms with Crippen molar-refractivity contribution in [3.63, 3.8) is 0 Å². The molecule has 3 amide bonds. The third-order valence-electron chi connectivity index (χ3n) is 7.58. The second-order valence-corrected chi connectivity index (χ2v) is 9.74. The molecule has 34 heavy (non-hydrogen) atoms. The van der Waals surface area contributed by atoms with E-state index in [1.165, 1.54) is 0 Å². The second-order valence-electron chi connectivity index (χ2n) is 9.74. The molecule has 1 atom stereocenters. The standard InChI is InChI=1S/C25H34N4O5/c1-3-8-26-24(32)29-15-25(13-28(14-25)23(31)16-6-9-34-10-7-16)21-18-5-4-17(33-2)11-19(18)27-22(21)20(29)12-30/h4-5,11,16,20,27,30H,3,6-10,12-15H2,1-2H3,(H,26,32)/t20-/m1/s1. The molecule has 0 unspecified atom stereocenters. The van der Waals surface area contributed by atoms with E-state index in [1.807, 2.05) is 30.0 Å². The number of nitrogens with one attached hydrogen (secondary N) is 2. The van der Waals surface area contributed by atoms with Crippen molar-refractivity contribution in [3.8, 4) is 5.75 Å². The molecule has 1 aromatic heterocycles. The highest BCUT2D eigenvalue weighted by Gasteiger charge is 2.55. The van der Waals surface area contributed by atoms with E-state index < -0.39 is 6.04 Å². The lowest BCUT2D eigenvalue weighted by Crippen LogP contribution is -2.69.